The van der Waals surface area contributed by atoms with Crippen molar-refractivity contribution in [2.45, 2.75) is 51.6 Å². The summed E-state index contributed by atoms with van der Waals surface area (Å²) in [6.07, 6.45) is 4.92. The average molecular weight is 351 g/mol. The van der Waals surface area contributed by atoms with Gasteiger partial charge in [0.2, 0.25) is 5.91 Å². The lowest BCUT2D eigenvalue weighted by Crippen LogP contribution is -2.41. The summed E-state index contributed by atoms with van der Waals surface area (Å²) in [5.74, 6) is 0.525. The summed E-state index contributed by atoms with van der Waals surface area (Å²) in [7, 11) is 0. The highest BCUT2D eigenvalue weighted by Gasteiger charge is 2.22. The SMILES string of the molecule is CC1CCCCC1NC(=O)CCn1c(=S)[nH]c2ccsc2c1=O. The molecule has 2 atom stereocenters. The first-order valence-electron chi connectivity index (χ1n) is 8.06. The van der Waals surface area contributed by atoms with Gasteiger partial charge in [0.25, 0.3) is 5.56 Å². The first-order chi connectivity index (χ1) is 11.1. The minimum absolute atomic E-state index is 0.00340. The van der Waals surface area contributed by atoms with Gasteiger partial charge in [0, 0.05) is 19.0 Å². The minimum Gasteiger partial charge on any atom is -0.353 e. The number of rotatable bonds is 4. The van der Waals surface area contributed by atoms with Crippen molar-refractivity contribution < 1.29 is 4.79 Å². The van der Waals surface area contributed by atoms with Gasteiger partial charge in [0.05, 0.1) is 5.52 Å². The van der Waals surface area contributed by atoms with Gasteiger partial charge in [0.15, 0.2) is 4.77 Å². The third-order valence-corrected chi connectivity index (χ3v) is 5.84. The van der Waals surface area contributed by atoms with Crippen LogP contribution in [0.3, 0.4) is 0 Å². The zero-order valence-electron chi connectivity index (χ0n) is 13.1. The van der Waals surface area contributed by atoms with E-state index in [2.05, 4.69) is 17.2 Å². The Morgan fingerprint density at radius 3 is 3.04 bits per heavy atom. The van der Waals surface area contributed by atoms with E-state index in [0.717, 1.165) is 11.9 Å². The molecule has 1 aliphatic rings. The van der Waals surface area contributed by atoms with E-state index in [1.807, 2.05) is 11.4 Å². The van der Waals surface area contributed by atoms with Gasteiger partial charge < -0.3 is 10.3 Å². The number of hydrogen-bond donors (Lipinski definition) is 2. The maximum Gasteiger partial charge on any atom is 0.272 e. The Balaban J connectivity index is 1.67. The molecule has 2 aromatic rings. The first kappa shape index (κ1) is 16.4. The number of hydrogen-bond acceptors (Lipinski definition) is 4. The summed E-state index contributed by atoms with van der Waals surface area (Å²) in [6, 6.07) is 2.11. The van der Waals surface area contributed by atoms with E-state index in [0.29, 0.717) is 21.9 Å². The zero-order valence-corrected chi connectivity index (χ0v) is 14.8. The number of thiophene rings is 1. The Morgan fingerprint density at radius 2 is 2.26 bits per heavy atom. The van der Waals surface area contributed by atoms with Gasteiger partial charge in [-0.3, -0.25) is 14.2 Å². The molecule has 1 amide bonds. The van der Waals surface area contributed by atoms with Crippen molar-refractivity contribution in [2.75, 3.05) is 0 Å². The van der Waals surface area contributed by atoms with Crippen LogP contribution in [0.15, 0.2) is 16.2 Å². The molecule has 0 saturated heterocycles. The molecule has 7 heteroatoms. The van der Waals surface area contributed by atoms with Gasteiger partial charge in [-0.2, -0.15) is 0 Å². The first-order valence-corrected chi connectivity index (χ1v) is 9.34. The number of aromatic amines is 1. The fourth-order valence-electron chi connectivity index (χ4n) is 3.20. The normalized spacial score (nSPS) is 21.4. The van der Waals surface area contributed by atoms with E-state index in [1.165, 1.54) is 35.2 Å². The van der Waals surface area contributed by atoms with Crippen molar-refractivity contribution in [2.24, 2.45) is 5.92 Å². The molecule has 2 unspecified atom stereocenters. The molecular formula is C16H21N3O2S2. The van der Waals surface area contributed by atoms with Crippen LogP contribution < -0.4 is 10.9 Å². The molecule has 0 spiro atoms. The minimum atomic E-state index is -0.113. The van der Waals surface area contributed by atoms with Gasteiger partial charge in [-0.15, -0.1) is 11.3 Å². The van der Waals surface area contributed by atoms with Crippen molar-refractivity contribution >= 4 is 39.7 Å². The Labute approximate surface area is 143 Å². The van der Waals surface area contributed by atoms with Crippen molar-refractivity contribution in [3.05, 3.63) is 26.6 Å². The summed E-state index contributed by atoms with van der Waals surface area (Å²) >= 11 is 6.63. The number of nitrogens with one attached hydrogen (secondary N) is 2. The van der Waals surface area contributed by atoms with Gasteiger partial charge in [-0.1, -0.05) is 19.8 Å². The van der Waals surface area contributed by atoms with Crippen LogP contribution in [0.4, 0.5) is 0 Å². The van der Waals surface area contributed by atoms with E-state index in [9.17, 15) is 9.59 Å². The number of carbonyl (C=O) groups is 1. The van der Waals surface area contributed by atoms with Gasteiger partial charge >= 0.3 is 0 Å². The third-order valence-electron chi connectivity index (χ3n) is 4.61. The van der Waals surface area contributed by atoms with Crippen molar-refractivity contribution in [1.82, 2.24) is 14.9 Å². The van der Waals surface area contributed by atoms with E-state index < -0.39 is 0 Å². The molecule has 1 saturated carbocycles. The second-order valence-electron chi connectivity index (χ2n) is 6.24. The van der Waals surface area contributed by atoms with E-state index in [1.54, 1.807) is 0 Å². The number of H-pyrrole nitrogens is 1. The van der Waals surface area contributed by atoms with Crippen LogP contribution in [0.1, 0.15) is 39.0 Å². The molecule has 0 radical (unpaired) electrons. The smallest absolute Gasteiger partial charge is 0.272 e. The monoisotopic (exact) mass is 351 g/mol. The lowest BCUT2D eigenvalue weighted by molar-refractivity contribution is -0.122. The maximum absolute atomic E-state index is 12.4. The summed E-state index contributed by atoms with van der Waals surface area (Å²) in [5, 5.41) is 4.97. The molecule has 2 N–H and O–H groups in total. The second-order valence-corrected chi connectivity index (χ2v) is 7.54. The Hall–Kier alpha value is -1.47. The van der Waals surface area contributed by atoms with Gasteiger partial charge in [-0.05, 0) is 42.4 Å². The molecule has 1 aliphatic carbocycles. The fourth-order valence-corrected chi connectivity index (χ4v) is 4.28. The zero-order chi connectivity index (χ0) is 16.4. The summed E-state index contributed by atoms with van der Waals surface area (Å²) < 4.78 is 2.51. The molecule has 2 heterocycles. The summed E-state index contributed by atoms with van der Waals surface area (Å²) in [4.78, 5) is 27.7. The van der Waals surface area contributed by atoms with Crippen LogP contribution in [-0.2, 0) is 11.3 Å². The van der Waals surface area contributed by atoms with Crippen LogP contribution in [0, 0.1) is 10.7 Å². The Kier molecular flexibility index (Phi) is 4.96. The number of nitrogens with zero attached hydrogens (tertiary/aromatic N) is 1. The lowest BCUT2D eigenvalue weighted by atomic mass is 9.86. The highest BCUT2D eigenvalue weighted by Crippen LogP contribution is 2.23. The molecule has 0 bridgehead atoms. The average Bonchev–Trinajstić information content (AvgIpc) is 2.98. The highest BCUT2D eigenvalue weighted by molar-refractivity contribution is 7.71. The molecule has 3 rings (SSSR count). The summed E-state index contributed by atoms with van der Waals surface area (Å²) in [6.45, 7) is 2.50. The quantitative estimate of drug-likeness (QED) is 0.831. The molecule has 23 heavy (non-hydrogen) atoms. The van der Waals surface area contributed by atoms with Gasteiger partial charge in [0.1, 0.15) is 4.70 Å². The molecular weight excluding hydrogens is 330 g/mol. The standard InChI is InChI=1S/C16H21N3O2S2/c1-10-4-2-3-5-11(10)17-13(20)6-8-19-15(21)14-12(7-9-23-14)18-16(19)22/h7,9-11H,2-6,8H2,1H3,(H,17,20)(H,18,22). The topological polar surface area (TPSA) is 66.9 Å². The molecule has 0 aromatic carbocycles. The van der Waals surface area contributed by atoms with Gasteiger partial charge in [-0.25, -0.2) is 0 Å². The third kappa shape index (κ3) is 3.55. The second kappa shape index (κ2) is 6.97. The molecule has 5 nitrogen and oxygen atoms in total. The summed E-state index contributed by atoms with van der Waals surface area (Å²) in [5.41, 5.74) is 0.652. The van der Waals surface area contributed by atoms with Crippen molar-refractivity contribution in [3.8, 4) is 0 Å². The van der Waals surface area contributed by atoms with Crippen LogP contribution >= 0.6 is 23.6 Å². The number of fused-ring (bicyclic) bond motifs is 1. The van der Waals surface area contributed by atoms with Crippen molar-refractivity contribution in [1.29, 1.82) is 0 Å². The highest BCUT2D eigenvalue weighted by atomic mass is 32.1. The van der Waals surface area contributed by atoms with E-state index in [-0.39, 0.29) is 23.9 Å². The predicted molar refractivity (Wildman–Crippen MR) is 95.4 cm³/mol. The molecule has 124 valence electrons. The molecule has 1 fully saturated rings. The fraction of sp³-hybridized carbons (Fsp3) is 0.562. The van der Waals surface area contributed by atoms with Crippen LogP contribution in [-0.4, -0.2) is 21.5 Å². The number of carbonyl (C=O) groups excluding carboxylic acids is 1. The largest absolute Gasteiger partial charge is 0.353 e. The van der Waals surface area contributed by atoms with Crippen LogP contribution in [0.2, 0.25) is 0 Å². The number of aromatic nitrogens is 2. The predicted octanol–water partition coefficient (Wildman–Crippen LogP) is 3.21. The van der Waals surface area contributed by atoms with Crippen molar-refractivity contribution in [3.63, 3.8) is 0 Å². The molecule has 2 aromatic heterocycles. The van der Waals surface area contributed by atoms with E-state index >= 15 is 0 Å². The van der Waals surface area contributed by atoms with Crippen LogP contribution in [0.25, 0.3) is 10.2 Å². The molecule has 0 aliphatic heterocycles. The Bertz CT molecular complexity index is 821. The maximum atomic E-state index is 12.4. The van der Waals surface area contributed by atoms with E-state index in [4.69, 9.17) is 12.2 Å². The Morgan fingerprint density at radius 1 is 1.48 bits per heavy atom. The van der Waals surface area contributed by atoms with Crippen LogP contribution in [0.5, 0.6) is 0 Å². The lowest BCUT2D eigenvalue weighted by Gasteiger charge is -2.29. The number of amides is 1.